The molecule has 0 radical (unpaired) electrons. The Labute approximate surface area is 126 Å². The van der Waals surface area contributed by atoms with Gasteiger partial charge in [0.15, 0.2) is 0 Å². The van der Waals surface area contributed by atoms with Crippen molar-refractivity contribution in [3.05, 3.63) is 23.8 Å². The van der Waals surface area contributed by atoms with E-state index in [9.17, 15) is 9.59 Å². The highest BCUT2D eigenvalue weighted by atomic mass is 16.2. The van der Waals surface area contributed by atoms with Crippen molar-refractivity contribution in [1.29, 1.82) is 0 Å². The van der Waals surface area contributed by atoms with Gasteiger partial charge in [-0.15, -0.1) is 0 Å². The fraction of sp³-hybridized carbons (Fsp3) is 0.500. The molecule has 0 aliphatic rings. The molecule has 0 atom stereocenters. The molecule has 0 aromatic heterocycles. The molecule has 1 aromatic rings. The molecule has 4 N–H and O–H groups in total. The van der Waals surface area contributed by atoms with Crippen LogP contribution in [0.1, 0.15) is 45.6 Å². The van der Waals surface area contributed by atoms with Gasteiger partial charge in [-0.05, 0) is 37.5 Å². The van der Waals surface area contributed by atoms with Crippen LogP contribution in [0.4, 0.5) is 11.4 Å². The van der Waals surface area contributed by atoms with Crippen molar-refractivity contribution in [2.75, 3.05) is 10.6 Å². The molecule has 0 fully saturated rings. The maximum absolute atomic E-state index is 12.3. The molecule has 0 aliphatic heterocycles. The van der Waals surface area contributed by atoms with E-state index in [1.807, 2.05) is 26.8 Å². The summed E-state index contributed by atoms with van der Waals surface area (Å²) in [6.45, 7) is 7.44. The lowest BCUT2D eigenvalue weighted by Crippen LogP contribution is -2.50. The molecular formula is C16H25N3O2. The highest BCUT2D eigenvalue weighted by Crippen LogP contribution is 2.25. The van der Waals surface area contributed by atoms with Gasteiger partial charge in [0.2, 0.25) is 11.8 Å². The third kappa shape index (κ3) is 4.04. The topological polar surface area (TPSA) is 84.2 Å². The van der Waals surface area contributed by atoms with Gasteiger partial charge in [-0.3, -0.25) is 9.59 Å². The second kappa shape index (κ2) is 7.22. The zero-order valence-electron chi connectivity index (χ0n) is 13.2. The quantitative estimate of drug-likeness (QED) is 0.753. The molecule has 0 saturated carbocycles. The van der Waals surface area contributed by atoms with Gasteiger partial charge in [0.05, 0.1) is 5.54 Å². The summed E-state index contributed by atoms with van der Waals surface area (Å²) in [6, 6.07) is 5.42. The van der Waals surface area contributed by atoms with Gasteiger partial charge in [0, 0.05) is 17.8 Å². The largest absolute Gasteiger partial charge is 0.326 e. The predicted molar refractivity (Wildman–Crippen MR) is 86.2 cm³/mol. The van der Waals surface area contributed by atoms with Crippen molar-refractivity contribution in [2.24, 2.45) is 5.73 Å². The molecule has 116 valence electrons. The van der Waals surface area contributed by atoms with Crippen molar-refractivity contribution in [1.82, 2.24) is 0 Å². The predicted octanol–water partition coefficient (Wildman–Crippen LogP) is 2.80. The fourth-order valence-electron chi connectivity index (χ4n) is 1.96. The minimum atomic E-state index is -0.866. The zero-order chi connectivity index (χ0) is 16.0. The van der Waals surface area contributed by atoms with Crippen LogP contribution in [0.5, 0.6) is 0 Å². The number of benzene rings is 1. The lowest BCUT2D eigenvalue weighted by molar-refractivity contribution is -0.121. The first-order valence-electron chi connectivity index (χ1n) is 7.37. The Bertz CT molecular complexity index is 522. The number of hydrogen-bond donors (Lipinski definition) is 3. The van der Waals surface area contributed by atoms with Gasteiger partial charge in [-0.1, -0.05) is 26.8 Å². The van der Waals surface area contributed by atoms with E-state index >= 15 is 0 Å². The average molecular weight is 291 g/mol. The van der Waals surface area contributed by atoms with Gasteiger partial charge in [0.1, 0.15) is 0 Å². The Hall–Kier alpha value is -1.88. The summed E-state index contributed by atoms with van der Waals surface area (Å²) in [4.78, 5) is 23.8. The van der Waals surface area contributed by atoms with Crippen LogP contribution in [0.15, 0.2) is 18.2 Å². The number of hydrogen-bond acceptors (Lipinski definition) is 3. The number of nitrogens with two attached hydrogens (primary N) is 1. The van der Waals surface area contributed by atoms with Crippen molar-refractivity contribution in [3.63, 3.8) is 0 Å². The first-order chi connectivity index (χ1) is 9.87. The van der Waals surface area contributed by atoms with Crippen molar-refractivity contribution in [3.8, 4) is 0 Å². The van der Waals surface area contributed by atoms with Gasteiger partial charge in [0.25, 0.3) is 0 Å². The van der Waals surface area contributed by atoms with Gasteiger partial charge < -0.3 is 16.4 Å². The third-order valence-corrected chi connectivity index (χ3v) is 3.89. The van der Waals surface area contributed by atoms with Gasteiger partial charge >= 0.3 is 0 Å². The van der Waals surface area contributed by atoms with Crippen LogP contribution in [0.3, 0.4) is 0 Å². The minimum absolute atomic E-state index is 0.0585. The van der Waals surface area contributed by atoms with E-state index in [1.165, 1.54) is 0 Å². The minimum Gasteiger partial charge on any atom is -0.326 e. The summed E-state index contributed by atoms with van der Waals surface area (Å²) in [5, 5.41) is 5.69. The Balaban J connectivity index is 2.97. The molecule has 2 amide bonds. The van der Waals surface area contributed by atoms with Gasteiger partial charge in [-0.2, -0.15) is 0 Å². The Morgan fingerprint density at radius 1 is 1.10 bits per heavy atom. The summed E-state index contributed by atoms with van der Waals surface area (Å²) < 4.78 is 0. The fourth-order valence-corrected chi connectivity index (χ4v) is 1.96. The standard InChI is InChI=1S/C16H25N3O2/c1-5-14(20)18-12-9-8-10-13(11(12)4)19-15(21)16(17,6-2)7-3/h8-10H,5-7,17H2,1-4H3,(H,18,20)(H,19,21). The van der Waals surface area contributed by atoms with Crippen LogP contribution in [-0.2, 0) is 9.59 Å². The van der Waals surface area contributed by atoms with Crippen LogP contribution in [0.25, 0.3) is 0 Å². The van der Waals surface area contributed by atoms with E-state index in [1.54, 1.807) is 19.1 Å². The first-order valence-corrected chi connectivity index (χ1v) is 7.37. The van der Waals surface area contributed by atoms with E-state index in [2.05, 4.69) is 10.6 Å². The summed E-state index contributed by atoms with van der Waals surface area (Å²) >= 11 is 0. The molecule has 1 rings (SSSR count). The van der Waals surface area contributed by atoms with E-state index in [4.69, 9.17) is 5.73 Å². The molecule has 0 heterocycles. The summed E-state index contributed by atoms with van der Waals surface area (Å²) in [7, 11) is 0. The van der Waals surface area contributed by atoms with E-state index in [0.29, 0.717) is 30.6 Å². The van der Waals surface area contributed by atoms with Crippen LogP contribution >= 0.6 is 0 Å². The summed E-state index contributed by atoms with van der Waals surface area (Å²) in [5.41, 5.74) is 7.43. The SMILES string of the molecule is CCC(=O)Nc1cccc(NC(=O)C(N)(CC)CC)c1C. The Morgan fingerprint density at radius 3 is 2.10 bits per heavy atom. The van der Waals surface area contributed by atoms with E-state index in [0.717, 1.165) is 5.56 Å². The molecular weight excluding hydrogens is 266 g/mol. The monoisotopic (exact) mass is 291 g/mol. The highest BCUT2D eigenvalue weighted by molar-refractivity contribution is 6.00. The van der Waals surface area contributed by atoms with Crippen molar-refractivity contribution >= 4 is 23.2 Å². The van der Waals surface area contributed by atoms with Crippen LogP contribution in [0.2, 0.25) is 0 Å². The smallest absolute Gasteiger partial charge is 0.244 e. The number of nitrogens with one attached hydrogen (secondary N) is 2. The number of rotatable bonds is 6. The van der Waals surface area contributed by atoms with Gasteiger partial charge in [-0.25, -0.2) is 0 Å². The Kier molecular flexibility index (Phi) is 5.90. The molecule has 0 spiro atoms. The van der Waals surface area contributed by atoms with Crippen molar-refractivity contribution < 1.29 is 9.59 Å². The number of anilines is 2. The number of amides is 2. The van der Waals surface area contributed by atoms with Crippen LogP contribution in [0, 0.1) is 6.92 Å². The van der Waals surface area contributed by atoms with E-state index < -0.39 is 5.54 Å². The first kappa shape index (κ1) is 17.2. The molecule has 0 saturated heterocycles. The maximum Gasteiger partial charge on any atom is 0.244 e. The number of carbonyl (C=O) groups is 2. The van der Waals surface area contributed by atoms with Crippen molar-refractivity contribution in [2.45, 2.75) is 52.5 Å². The second-order valence-corrected chi connectivity index (χ2v) is 5.20. The molecule has 0 aliphatic carbocycles. The maximum atomic E-state index is 12.3. The molecule has 5 nitrogen and oxygen atoms in total. The lowest BCUT2D eigenvalue weighted by atomic mass is 9.93. The Morgan fingerprint density at radius 2 is 1.62 bits per heavy atom. The second-order valence-electron chi connectivity index (χ2n) is 5.20. The lowest BCUT2D eigenvalue weighted by Gasteiger charge is -2.26. The third-order valence-electron chi connectivity index (χ3n) is 3.89. The highest BCUT2D eigenvalue weighted by Gasteiger charge is 2.30. The summed E-state index contributed by atoms with van der Waals surface area (Å²) in [5.74, 6) is -0.258. The number of carbonyl (C=O) groups excluding carboxylic acids is 2. The average Bonchev–Trinajstić information content (AvgIpc) is 2.50. The molecule has 21 heavy (non-hydrogen) atoms. The molecule has 1 aromatic carbocycles. The van der Waals surface area contributed by atoms with E-state index in [-0.39, 0.29) is 11.8 Å². The molecule has 0 unspecified atom stereocenters. The summed E-state index contributed by atoms with van der Waals surface area (Å²) in [6.07, 6.45) is 1.55. The normalized spacial score (nSPS) is 11.1. The van der Waals surface area contributed by atoms with Crippen LogP contribution in [-0.4, -0.2) is 17.4 Å². The van der Waals surface area contributed by atoms with Crippen LogP contribution < -0.4 is 16.4 Å². The zero-order valence-corrected chi connectivity index (χ0v) is 13.2. The molecule has 0 bridgehead atoms. The molecule has 5 heteroatoms.